The Balaban J connectivity index is 1.67. The molecule has 1 saturated carbocycles. The van der Waals surface area contributed by atoms with E-state index in [1.807, 2.05) is 13.0 Å². The van der Waals surface area contributed by atoms with Crippen LogP contribution in [0, 0.1) is 18.8 Å². The van der Waals surface area contributed by atoms with Gasteiger partial charge in [-0.2, -0.15) is 4.39 Å². The zero-order valence-electron chi connectivity index (χ0n) is 12.7. The highest BCUT2D eigenvalue weighted by molar-refractivity contribution is 7.22. The van der Waals surface area contributed by atoms with Gasteiger partial charge in [0.2, 0.25) is 11.9 Å². The number of carbonyl (C=O) groups is 1. The first kappa shape index (κ1) is 15.1. The Morgan fingerprint density at radius 2 is 2.17 bits per heavy atom. The van der Waals surface area contributed by atoms with Crippen molar-refractivity contribution in [3.8, 4) is 11.1 Å². The maximum Gasteiger partial charge on any atom is 0.232 e. The van der Waals surface area contributed by atoms with E-state index >= 15 is 0 Å². The Labute approximate surface area is 140 Å². The van der Waals surface area contributed by atoms with Gasteiger partial charge in [-0.05, 0) is 42.7 Å². The summed E-state index contributed by atoms with van der Waals surface area (Å²) in [6.07, 6.45) is 0.672. The number of nitrogens with one attached hydrogen (secondary N) is 1. The third-order valence-corrected chi connectivity index (χ3v) is 5.00. The maximum atomic E-state index is 14.0. The van der Waals surface area contributed by atoms with E-state index in [1.54, 1.807) is 18.2 Å². The molecule has 0 radical (unpaired) electrons. The molecule has 7 heteroatoms. The summed E-state index contributed by atoms with van der Waals surface area (Å²) in [4.78, 5) is 19.8. The van der Waals surface area contributed by atoms with Gasteiger partial charge >= 0.3 is 0 Å². The van der Waals surface area contributed by atoms with Gasteiger partial charge in [-0.1, -0.05) is 17.4 Å². The largest absolute Gasteiger partial charge is 0.302 e. The molecule has 24 heavy (non-hydrogen) atoms. The third kappa shape index (κ3) is 2.65. The molecule has 1 fully saturated rings. The number of hydrogen-bond donors (Lipinski definition) is 1. The number of amides is 1. The van der Waals surface area contributed by atoms with Gasteiger partial charge in [0.25, 0.3) is 0 Å². The molecule has 0 bridgehead atoms. The Hall–Kier alpha value is -2.41. The highest BCUT2D eigenvalue weighted by atomic mass is 32.1. The van der Waals surface area contributed by atoms with E-state index in [2.05, 4.69) is 15.3 Å². The van der Waals surface area contributed by atoms with Crippen LogP contribution >= 0.6 is 11.3 Å². The topological polar surface area (TPSA) is 54.9 Å². The highest BCUT2D eigenvalue weighted by Gasteiger charge is 2.43. The number of aromatic nitrogens is 2. The van der Waals surface area contributed by atoms with Gasteiger partial charge in [-0.25, -0.2) is 14.4 Å². The molecule has 0 spiro atoms. The Kier molecular flexibility index (Phi) is 3.53. The highest BCUT2D eigenvalue weighted by Crippen LogP contribution is 2.36. The van der Waals surface area contributed by atoms with E-state index in [1.165, 1.54) is 17.5 Å². The molecule has 2 atom stereocenters. The van der Waals surface area contributed by atoms with Crippen LogP contribution in [0.15, 0.2) is 30.5 Å². The zero-order valence-corrected chi connectivity index (χ0v) is 13.5. The van der Waals surface area contributed by atoms with Gasteiger partial charge in [0.15, 0.2) is 5.13 Å². The number of halogens is 2. The second-order valence-electron chi connectivity index (χ2n) is 5.84. The second kappa shape index (κ2) is 5.59. The molecule has 0 aliphatic heterocycles. The van der Waals surface area contributed by atoms with E-state index in [4.69, 9.17) is 0 Å². The van der Waals surface area contributed by atoms with Gasteiger partial charge in [0.1, 0.15) is 6.17 Å². The lowest BCUT2D eigenvalue weighted by Gasteiger charge is -2.06. The minimum Gasteiger partial charge on any atom is -0.302 e. The minimum absolute atomic E-state index is 0.278. The van der Waals surface area contributed by atoms with Crippen molar-refractivity contribution >= 4 is 32.6 Å². The molecule has 2 heterocycles. The maximum absolute atomic E-state index is 14.0. The number of benzene rings is 1. The van der Waals surface area contributed by atoms with Gasteiger partial charge < -0.3 is 5.32 Å². The number of hydrogen-bond acceptors (Lipinski definition) is 4. The smallest absolute Gasteiger partial charge is 0.232 e. The van der Waals surface area contributed by atoms with Gasteiger partial charge in [0, 0.05) is 11.8 Å². The van der Waals surface area contributed by atoms with Crippen LogP contribution in [0.2, 0.25) is 0 Å². The molecule has 1 aliphatic carbocycles. The van der Waals surface area contributed by atoms with Gasteiger partial charge in [0.05, 0.1) is 16.1 Å². The number of pyridine rings is 1. The van der Waals surface area contributed by atoms with Crippen molar-refractivity contribution in [3.63, 3.8) is 0 Å². The van der Waals surface area contributed by atoms with E-state index in [-0.39, 0.29) is 12.3 Å². The first-order valence-electron chi connectivity index (χ1n) is 7.50. The predicted octanol–water partition coefficient (Wildman–Crippen LogP) is 4.10. The van der Waals surface area contributed by atoms with Crippen LogP contribution in [-0.4, -0.2) is 22.0 Å². The molecule has 2 aromatic heterocycles. The lowest BCUT2D eigenvalue weighted by molar-refractivity contribution is -0.117. The molecule has 122 valence electrons. The van der Waals surface area contributed by atoms with Gasteiger partial charge in [-0.15, -0.1) is 0 Å². The van der Waals surface area contributed by atoms with Crippen molar-refractivity contribution in [2.45, 2.75) is 19.5 Å². The summed E-state index contributed by atoms with van der Waals surface area (Å²) in [7, 11) is 0. The predicted molar refractivity (Wildman–Crippen MR) is 89.2 cm³/mol. The van der Waals surface area contributed by atoms with Crippen molar-refractivity contribution in [2.75, 3.05) is 5.32 Å². The van der Waals surface area contributed by atoms with Crippen molar-refractivity contribution in [1.82, 2.24) is 9.97 Å². The molecule has 0 unspecified atom stereocenters. The SMILES string of the molecule is Cc1ccnc([18F])c1-c1ccc2nc(NC(=O)[C@@H]3C[C@@H]3F)sc2c1. The van der Waals surface area contributed by atoms with Crippen molar-refractivity contribution in [1.29, 1.82) is 0 Å². The van der Waals surface area contributed by atoms with Crippen LogP contribution in [0.1, 0.15) is 12.0 Å². The summed E-state index contributed by atoms with van der Waals surface area (Å²) >= 11 is 1.28. The number of thiazole rings is 1. The number of carbonyl (C=O) groups excluding carboxylic acids is 1. The summed E-state index contributed by atoms with van der Waals surface area (Å²) in [5.41, 5.74) is 2.66. The quantitative estimate of drug-likeness (QED) is 0.728. The number of alkyl halides is 1. The lowest BCUT2D eigenvalue weighted by atomic mass is 10.0. The van der Waals surface area contributed by atoms with Crippen LogP contribution < -0.4 is 5.32 Å². The minimum atomic E-state index is -1.04. The van der Waals surface area contributed by atoms with Gasteiger partial charge in [-0.3, -0.25) is 4.79 Å². The van der Waals surface area contributed by atoms with Crippen molar-refractivity contribution in [3.05, 3.63) is 42.0 Å². The van der Waals surface area contributed by atoms with E-state index in [0.29, 0.717) is 21.8 Å². The summed E-state index contributed by atoms with van der Waals surface area (Å²) in [5.74, 6) is -1.41. The fourth-order valence-corrected chi connectivity index (χ4v) is 3.55. The number of aryl methyl sites for hydroxylation is 1. The van der Waals surface area contributed by atoms with Crippen LogP contribution in [0.5, 0.6) is 0 Å². The average Bonchev–Trinajstić information content (AvgIpc) is 3.13. The average molecular weight is 344 g/mol. The van der Waals surface area contributed by atoms with Crippen LogP contribution in [0.3, 0.4) is 0 Å². The normalized spacial score (nSPS) is 19.5. The molecular formula is C17H13F2N3OS. The summed E-state index contributed by atoms with van der Waals surface area (Å²) in [6.45, 7) is 1.83. The third-order valence-electron chi connectivity index (χ3n) is 4.07. The van der Waals surface area contributed by atoms with E-state index < -0.39 is 18.0 Å². The standard InChI is InChI=1S/C17H13F2N3OS/c1-8-4-5-20-15(19)14(8)9-2-3-12-13(6-9)24-17(21-12)22-16(23)10-7-11(10)18/h2-6,10-11H,7H2,1H3,(H,21,22,23)/t10-,11+/m1/s1/i19-1. The Morgan fingerprint density at radius 1 is 1.38 bits per heavy atom. The fraction of sp³-hybridized carbons (Fsp3) is 0.235. The molecular weight excluding hydrogens is 331 g/mol. The fourth-order valence-electron chi connectivity index (χ4n) is 2.64. The van der Waals surface area contributed by atoms with E-state index in [9.17, 15) is 13.6 Å². The monoisotopic (exact) mass is 344 g/mol. The number of nitrogens with zero attached hydrogens (tertiary/aromatic N) is 2. The van der Waals surface area contributed by atoms with Crippen molar-refractivity contribution < 1.29 is 13.6 Å². The summed E-state index contributed by atoms with van der Waals surface area (Å²) < 4.78 is 27.8. The van der Waals surface area contributed by atoms with Crippen molar-refractivity contribution in [2.24, 2.45) is 5.92 Å². The summed E-state index contributed by atoms with van der Waals surface area (Å²) in [5, 5.41) is 3.07. The molecule has 4 nitrogen and oxygen atoms in total. The van der Waals surface area contributed by atoms with E-state index in [0.717, 1.165) is 10.3 Å². The molecule has 3 aromatic rings. The number of rotatable bonds is 3. The van der Waals surface area contributed by atoms with Crippen LogP contribution in [0.4, 0.5) is 13.9 Å². The first-order valence-corrected chi connectivity index (χ1v) is 8.31. The molecule has 1 aromatic carbocycles. The zero-order chi connectivity index (χ0) is 16.8. The van der Waals surface area contributed by atoms with Crippen LogP contribution in [0.25, 0.3) is 21.3 Å². The lowest BCUT2D eigenvalue weighted by Crippen LogP contribution is -2.14. The summed E-state index contributed by atoms with van der Waals surface area (Å²) in [6, 6.07) is 7.13. The molecule has 1 N–H and O–H groups in total. The van der Waals surface area contributed by atoms with Crippen LogP contribution in [-0.2, 0) is 4.79 Å². The second-order valence-corrected chi connectivity index (χ2v) is 6.87. The first-order chi connectivity index (χ1) is 11.5. The Morgan fingerprint density at radius 3 is 2.88 bits per heavy atom. The number of fused-ring (bicyclic) bond motifs is 1. The molecule has 1 aliphatic rings. The molecule has 4 rings (SSSR count). The Bertz CT molecular complexity index is 936. The molecule has 0 saturated heterocycles. The number of anilines is 1. The molecule has 1 amide bonds.